The van der Waals surface area contributed by atoms with Crippen LogP contribution in [-0.4, -0.2) is 22.2 Å². The summed E-state index contributed by atoms with van der Waals surface area (Å²) in [5.41, 5.74) is 2.11. The Balaban J connectivity index is 2.14. The van der Waals surface area contributed by atoms with Crippen molar-refractivity contribution in [3.05, 3.63) is 57.3 Å². The number of allylic oxidation sites excluding steroid dienone is 1. The zero-order chi connectivity index (χ0) is 17.3. The molecule has 0 fully saturated rings. The molecule has 1 amide bonds. The van der Waals surface area contributed by atoms with Gasteiger partial charge in [-0.2, -0.15) is 5.10 Å². The van der Waals surface area contributed by atoms with Gasteiger partial charge in [-0.25, -0.2) is 4.68 Å². The summed E-state index contributed by atoms with van der Waals surface area (Å²) in [6.07, 6.45) is 2.55. The van der Waals surface area contributed by atoms with Gasteiger partial charge in [0.05, 0.1) is 21.8 Å². The van der Waals surface area contributed by atoms with Gasteiger partial charge in [-0.15, -0.1) is 0 Å². The summed E-state index contributed by atoms with van der Waals surface area (Å²) in [4.78, 5) is 12.8. The SMILES string of the molecule is CCCNC(=O)C1=C(C)Nc2ccnn2C1c1cccc(Cl)c1Cl. The van der Waals surface area contributed by atoms with Gasteiger partial charge in [0.15, 0.2) is 0 Å². The summed E-state index contributed by atoms with van der Waals surface area (Å²) >= 11 is 12.6. The minimum atomic E-state index is -0.431. The largest absolute Gasteiger partial charge is 0.352 e. The molecule has 0 aliphatic carbocycles. The summed E-state index contributed by atoms with van der Waals surface area (Å²) in [7, 11) is 0. The van der Waals surface area contributed by atoms with E-state index in [4.69, 9.17) is 23.2 Å². The summed E-state index contributed by atoms with van der Waals surface area (Å²) < 4.78 is 1.76. The maximum atomic E-state index is 12.8. The number of rotatable bonds is 4. The van der Waals surface area contributed by atoms with Gasteiger partial charge in [0, 0.05) is 23.9 Å². The normalized spacial score (nSPS) is 16.6. The fourth-order valence-corrected chi connectivity index (χ4v) is 3.26. The Labute approximate surface area is 150 Å². The topological polar surface area (TPSA) is 59.0 Å². The van der Waals surface area contributed by atoms with Gasteiger partial charge in [-0.05, 0) is 19.4 Å². The Bertz CT molecular complexity index is 813. The monoisotopic (exact) mass is 364 g/mol. The molecule has 5 nitrogen and oxygen atoms in total. The van der Waals surface area contributed by atoms with Crippen molar-refractivity contribution in [1.82, 2.24) is 15.1 Å². The van der Waals surface area contributed by atoms with Crippen LogP contribution in [0.15, 0.2) is 41.7 Å². The fourth-order valence-electron chi connectivity index (χ4n) is 2.85. The molecule has 0 saturated heterocycles. The van der Waals surface area contributed by atoms with E-state index in [1.54, 1.807) is 16.9 Å². The predicted molar refractivity (Wildman–Crippen MR) is 96.5 cm³/mol. The van der Waals surface area contributed by atoms with Gasteiger partial charge >= 0.3 is 0 Å². The molecular weight excluding hydrogens is 347 g/mol. The number of nitrogens with one attached hydrogen (secondary N) is 2. The molecule has 3 rings (SSSR count). The highest BCUT2D eigenvalue weighted by Crippen LogP contribution is 2.40. The minimum Gasteiger partial charge on any atom is -0.352 e. The molecule has 7 heteroatoms. The van der Waals surface area contributed by atoms with Crippen molar-refractivity contribution in [3.8, 4) is 0 Å². The summed E-state index contributed by atoms with van der Waals surface area (Å²) in [6, 6.07) is 6.85. The first kappa shape index (κ1) is 16.9. The van der Waals surface area contributed by atoms with E-state index in [2.05, 4.69) is 15.7 Å². The van der Waals surface area contributed by atoms with Gasteiger partial charge in [0.2, 0.25) is 0 Å². The maximum absolute atomic E-state index is 12.8. The van der Waals surface area contributed by atoms with Gasteiger partial charge in [-0.3, -0.25) is 4.79 Å². The lowest BCUT2D eigenvalue weighted by molar-refractivity contribution is -0.117. The van der Waals surface area contributed by atoms with E-state index >= 15 is 0 Å². The minimum absolute atomic E-state index is 0.135. The molecule has 0 radical (unpaired) electrons. The Hall–Kier alpha value is -1.98. The van der Waals surface area contributed by atoms with Crippen LogP contribution in [0, 0.1) is 0 Å². The van der Waals surface area contributed by atoms with E-state index in [-0.39, 0.29) is 5.91 Å². The zero-order valence-corrected chi connectivity index (χ0v) is 14.9. The predicted octanol–water partition coefficient (Wildman–Crippen LogP) is 4.01. The number of carbonyl (C=O) groups is 1. The first-order valence-electron chi connectivity index (χ1n) is 7.78. The number of nitrogens with zero attached hydrogens (tertiary/aromatic N) is 2. The number of halogens is 2. The second-order valence-electron chi connectivity index (χ2n) is 5.63. The number of anilines is 1. The third-order valence-electron chi connectivity index (χ3n) is 3.96. The molecule has 1 atom stereocenters. The molecule has 2 heterocycles. The van der Waals surface area contributed by atoms with Gasteiger partial charge < -0.3 is 10.6 Å². The molecule has 24 heavy (non-hydrogen) atoms. The van der Waals surface area contributed by atoms with Crippen LogP contribution in [0.4, 0.5) is 5.82 Å². The van der Waals surface area contributed by atoms with Crippen LogP contribution >= 0.6 is 23.2 Å². The van der Waals surface area contributed by atoms with Crippen molar-refractivity contribution in [2.45, 2.75) is 26.3 Å². The summed E-state index contributed by atoms with van der Waals surface area (Å²) in [5, 5.41) is 11.4. The van der Waals surface area contributed by atoms with Crippen molar-refractivity contribution >= 4 is 34.9 Å². The average molecular weight is 365 g/mol. The van der Waals surface area contributed by atoms with E-state index < -0.39 is 6.04 Å². The lowest BCUT2D eigenvalue weighted by Crippen LogP contribution is -2.35. The number of fused-ring (bicyclic) bond motifs is 1. The Morgan fingerprint density at radius 3 is 2.92 bits per heavy atom. The maximum Gasteiger partial charge on any atom is 0.251 e. The zero-order valence-electron chi connectivity index (χ0n) is 13.4. The van der Waals surface area contributed by atoms with E-state index in [9.17, 15) is 4.79 Å². The number of aromatic nitrogens is 2. The van der Waals surface area contributed by atoms with Crippen LogP contribution in [0.2, 0.25) is 10.0 Å². The molecule has 1 aromatic carbocycles. The van der Waals surface area contributed by atoms with Gasteiger partial charge in [0.1, 0.15) is 11.9 Å². The van der Waals surface area contributed by atoms with Crippen molar-refractivity contribution in [2.75, 3.05) is 11.9 Å². The van der Waals surface area contributed by atoms with E-state index in [1.807, 2.05) is 32.0 Å². The third-order valence-corrected chi connectivity index (χ3v) is 4.80. The van der Waals surface area contributed by atoms with Crippen molar-refractivity contribution < 1.29 is 4.79 Å². The molecule has 1 aromatic heterocycles. The molecule has 126 valence electrons. The van der Waals surface area contributed by atoms with Crippen LogP contribution in [0.3, 0.4) is 0 Å². The second kappa shape index (κ2) is 6.87. The molecule has 1 aliphatic heterocycles. The summed E-state index contributed by atoms with van der Waals surface area (Å²) in [5.74, 6) is 0.671. The van der Waals surface area contributed by atoms with Crippen LogP contribution in [-0.2, 0) is 4.79 Å². The van der Waals surface area contributed by atoms with E-state index in [0.717, 1.165) is 23.5 Å². The first-order valence-corrected chi connectivity index (χ1v) is 8.53. The molecule has 0 bridgehead atoms. The first-order chi connectivity index (χ1) is 11.5. The van der Waals surface area contributed by atoms with Gasteiger partial charge in [-0.1, -0.05) is 42.3 Å². The average Bonchev–Trinajstić information content (AvgIpc) is 3.02. The van der Waals surface area contributed by atoms with Crippen molar-refractivity contribution in [3.63, 3.8) is 0 Å². The Morgan fingerprint density at radius 2 is 2.17 bits per heavy atom. The van der Waals surface area contributed by atoms with Crippen molar-refractivity contribution in [2.24, 2.45) is 0 Å². The smallest absolute Gasteiger partial charge is 0.251 e. The molecule has 2 N–H and O–H groups in total. The van der Waals surface area contributed by atoms with Crippen LogP contribution in [0.25, 0.3) is 0 Å². The van der Waals surface area contributed by atoms with Crippen molar-refractivity contribution in [1.29, 1.82) is 0 Å². The number of carbonyl (C=O) groups excluding carboxylic acids is 1. The highest BCUT2D eigenvalue weighted by Gasteiger charge is 2.33. The highest BCUT2D eigenvalue weighted by atomic mass is 35.5. The number of hydrogen-bond acceptors (Lipinski definition) is 3. The molecule has 2 aromatic rings. The van der Waals surface area contributed by atoms with Crippen LogP contribution in [0.5, 0.6) is 0 Å². The Morgan fingerprint density at radius 1 is 1.38 bits per heavy atom. The van der Waals surface area contributed by atoms with Gasteiger partial charge in [0.25, 0.3) is 5.91 Å². The molecule has 0 spiro atoms. The number of amides is 1. The number of benzene rings is 1. The van der Waals surface area contributed by atoms with Crippen LogP contribution in [0.1, 0.15) is 31.9 Å². The molecular formula is C17H18Cl2N4O. The van der Waals surface area contributed by atoms with E-state index in [0.29, 0.717) is 22.2 Å². The van der Waals surface area contributed by atoms with Crippen LogP contribution < -0.4 is 10.6 Å². The fraction of sp³-hybridized carbons (Fsp3) is 0.294. The standard InChI is InChI=1S/C17H18Cl2N4O/c1-3-8-20-17(24)14-10(2)22-13-7-9-21-23(13)16(14)11-5-4-6-12(18)15(11)19/h4-7,9,16,22H,3,8H2,1-2H3,(H,20,24). The number of hydrogen-bond donors (Lipinski definition) is 2. The lowest BCUT2D eigenvalue weighted by atomic mass is 9.94. The molecule has 0 saturated carbocycles. The highest BCUT2D eigenvalue weighted by molar-refractivity contribution is 6.42. The quantitative estimate of drug-likeness (QED) is 0.861. The lowest BCUT2D eigenvalue weighted by Gasteiger charge is -2.30. The Kier molecular flexibility index (Phi) is 4.83. The summed E-state index contributed by atoms with van der Waals surface area (Å²) in [6.45, 7) is 4.50. The molecule has 1 unspecified atom stereocenters. The van der Waals surface area contributed by atoms with E-state index in [1.165, 1.54) is 0 Å². The molecule has 1 aliphatic rings. The second-order valence-corrected chi connectivity index (χ2v) is 6.41. The third kappa shape index (κ3) is 2.89.